The second kappa shape index (κ2) is 8.00. The lowest BCUT2D eigenvalue weighted by atomic mass is 9.67. The van der Waals surface area contributed by atoms with Crippen LogP contribution < -0.4 is 4.57 Å². The van der Waals surface area contributed by atoms with Gasteiger partial charge in [0.25, 0.3) is 0 Å². The van der Waals surface area contributed by atoms with E-state index < -0.39 is 0 Å². The molecule has 2 heterocycles. The lowest BCUT2D eigenvalue weighted by Crippen LogP contribution is -2.52. The summed E-state index contributed by atoms with van der Waals surface area (Å²) in [6.07, 6.45) is 9.38. The topological polar surface area (TPSA) is 3.88 Å². The van der Waals surface area contributed by atoms with Gasteiger partial charge in [0.15, 0.2) is 12.7 Å². The summed E-state index contributed by atoms with van der Waals surface area (Å²) in [6, 6.07) is 9.60. The van der Waals surface area contributed by atoms with Gasteiger partial charge in [-0.2, -0.15) is 4.57 Å². The molecule has 1 atom stereocenters. The van der Waals surface area contributed by atoms with Crippen LogP contribution in [-0.2, 0) is 18.4 Å². The van der Waals surface area contributed by atoms with E-state index in [2.05, 4.69) is 76.2 Å². The summed E-state index contributed by atoms with van der Waals surface area (Å²) < 4.78 is 2.51. The summed E-state index contributed by atoms with van der Waals surface area (Å²) in [5, 5.41) is 0. The third-order valence-electron chi connectivity index (χ3n) is 6.41. The number of benzene rings is 1. The molecule has 1 nitrogen and oxygen atoms in total. The van der Waals surface area contributed by atoms with Crippen LogP contribution in [0, 0.1) is 13.8 Å². The first-order chi connectivity index (χ1) is 13.0. The number of hydrogen-bond acceptors (Lipinski definition) is 0. The molecule has 144 valence electrons. The fraction of sp³-hybridized carbons (Fsp3) is 0.500. The van der Waals surface area contributed by atoms with E-state index in [9.17, 15) is 0 Å². The normalized spacial score (nSPS) is 18.1. The average Bonchev–Trinajstić information content (AvgIpc) is 2.64. The molecule has 0 saturated heterocycles. The molecule has 0 spiro atoms. The van der Waals surface area contributed by atoms with Gasteiger partial charge in [0.2, 0.25) is 5.69 Å². The highest BCUT2D eigenvalue weighted by Gasteiger charge is 2.44. The largest absolute Gasteiger partial charge is 0.215 e. The van der Waals surface area contributed by atoms with Gasteiger partial charge in [-0.25, -0.2) is 0 Å². The van der Waals surface area contributed by atoms with Crippen molar-refractivity contribution in [2.45, 2.75) is 85.1 Å². The van der Waals surface area contributed by atoms with E-state index in [-0.39, 0.29) is 5.41 Å². The molecule has 2 aromatic rings. The van der Waals surface area contributed by atoms with Crippen LogP contribution in [0.4, 0.5) is 0 Å². The molecule has 27 heavy (non-hydrogen) atoms. The van der Waals surface area contributed by atoms with E-state index >= 15 is 0 Å². The SMILES string of the molecule is C=C(CCC)C1(CC)C[n+]2cc(C)cc(C)c2-c2cc(CCCC)ccc21. The predicted molar refractivity (Wildman–Crippen MR) is 116 cm³/mol. The zero-order chi connectivity index (χ0) is 19.6. The number of unbranched alkanes of at least 4 members (excludes halogenated alkanes) is 1. The Morgan fingerprint density at radius 3 is 2.56 bits per heavy atom. The number of nitrogens with zero attached hydrogens (tertiary/aromatic N) is 1. The highest BCUT2D eigenvalue weighted by Crippen LogP contribution is 2.45. The van der Waals surface area contributed by atoms with Crippen LogP contribution >= 0.6 is 0 Å². The Morgan fingerprint density at radius 1 is 1.11 bits per heavy atom. The van der Waals surface area contributed by atoms with Crippen molar-refractivity contribution in [1.29, 1.82) is 0 Å². The van der Waals surface area contributed by atoms with Gasteiger partial charge in [-0.1, -0.05) is 57.9 Å². The van der Waals surface area contributed by atoms with Crippen molar-refractivity contribution >= 4 is 0 Å². The van der Waals surface area contributed by atoms with Gasteiger partial charge in [-0.3, -0.25) is 0 Å². The fourth-order valence-electron chi connectivity index (χ4n) is 4.99. The second-order valence-electron chi connectivity index (χ2n) is 8.45. The van der Waals surface area contributed by atoms with Crippen LogP contribution in [0.2, 0.25) is 0 Å². The molecule has 0 bridgehead atoms. The average molecular weight is 363 g/mol. The maximum atomic E-state index is 4.59. The number of aryl methyl sites for hydroxylation is 3. The van der Waals surface area contributed by atoms with Crippen molar-refractivity contribution in [3.8, 4) is 11.3 Å². The first kappa shape index (κ1) is 19.9. The van der Waals surface area contributed by atoms with Crippen molar-refractivity contribution in [1.82, 2.24) is 0 Å². The van der Waals surface area contributed by atoms with Gasteiger partial charge >= 0.3 is 0 Å². The van der Waals surface area contributed by atoms with E-state index in [4.69, 9.17) is 0 Å². The van der Waals surface area contributed by atoms with Crippen LogP contribution in [0.1, 0.15) is 75.1 Å². The Balaban J connectivity index is 2.25. The summed E-state index contributed by atoms with van der Waals surface area (Å²) in [5.41, 5.74) is 9.97. The maximum Gasteiger partial charge on any atom is 0.215 e. The third kappa shape index (κ3) is 3.49. The van der Waals surface area contributed by atoms with Gasteiger partial charge in [-0.15, -0.1) is 0 Å². The molecular weight excluding hydrogens is 326 g/mol. The lowest BCUT2D eigenvalue weighted by Gasteiger charge is -2.38. The molecule has 1 unspecified atom stereocenters. The fourth-order valence-corrected chi connectivity index (χ4v) is 4.99. The van der Waals surface area contributed by atoms with Crippen molar-refractivity contribution in [2.75, 3.05) is 0 Å². The Hall–Kier alpha value is -1.89. The Bertz CT molecular complexity index is 846. The molecule has 1 aromatic carbocycles. The summed E-state index contributed by atoms with van der Waals surface area (Å²) >= 11 is 0. The summed E-state index contributed by atoms with van der Waals surface area (Å²) in [7, 11) is 0. The Kier molecular flexibility index (Phi) is 5.89. The Morgan fingerprint density at radius 2 is 1.89 bits per heavy atom. The van der Waals surface area contributed by atoms with Gasteiger partial charge in [0.05, 0.1) is 11.0 Å². The van der Waals surface area contributed by atoms with Gasteiger partial charge in [0.1, 0.15) is 0 Å². The van der Waals surface area contributed by atoms with Crippen LogP contribution in [0.15, 0.2) is 42.6 Å². The van der Waals surface area contributed by atoms with E-state index in [1.54, 1.807) is 0 Å². The Labute approximate surface area is 166 Å². The smallest absolute Gasteiger partial charge is 0.197 e. The summed E-state index contributed by atoms with van der Waals surface area (Å²) in [6.45, 7) is 17.0. The zero-order valence-electron chi connectivity index (χ0n) is 18.0. The standard InChI is InChI=1S/C26H36N/c1-7-10-12-22-13-14-24-23(16-22)25-20(5)15-19(4)17-27(25)18-26(24,9-3)21(6)11-8-2/h13-17H,6-12,18H2,1-5H3/q+1. The van der Waals surface area contributed by atoms with Crippen molar-refractivity contribution in [2.24, 2.45) is 0 Å². The molecule has 0 amide bonds. The molecule has 0 saturated carbocycles. The minimum atomic E-state index is 0.0481. The molecule has 1 aliphatic rings. The highest BCUT2D eigenvalue weighted by molar-refractivity contribution is 5.69. The van der Waals surface area contributed by atoms with Crippen LogP contribution in [0.5, 0.6) is 0 Å². The first-order valence-corrected chi connectivity index (χ1v) is 10.8. The van der Waals surface area contributed by atoms with E-state index in [1.807, 2.05) is 0 Å². The van der Waals surface area contributed by atoms with Gasteiger partial charge in [-0.05, 0) is 62.8 Å². The molecule has 0 fully saturated rings. The minimum Gasteiger partial charge on any atom is -0.197 e. The molecule has 1 aromatic heterocycles. The lowest BCUT2D eigenvalue weighted by molar-refractivity contribution is -0.696. The molecule has 1 heteroatoms. The third-order valence-corrected chi connectivity index (χ3v) is 6.41. The number of allylic oxidation sites excluding steroid dienone is 1. The van der Waals surface area contributed by atoms with Gasteiger partial charge in [0, 0.05) is 11.1 Å². The maximum absolute atomic E-state index is 4.59. The van der Waals surface area contributed by atoms with Crippen LogP contribution in [0.25, 0.3) is 11.3 Å². The second-order valence-corrected chi connectivity index (χ2v) is 8.45. The number of aromatic nitrogens is 1. The first-order valence-electron chi connectivity index (χ1n) is 10.8. The van der Waals surface area contributed by atoms with Crippen molar-refractivity contribution in [3.05, 3.63) is 64.9 Å². The quantitative estimate of drug-likeness (QED) is 0.385. The van der Waals surface area contributed by atoms with Crippen LogP contribution in [-0.4, -0.2) is 0 Å². The monoisotopic (exact) mass is 362 g/mol. The number of rotatable bonds is 7. The van der Waals surface area contributed by atoms with Crippen molar-refractivity contribution in [3.63, 3.8) is 0 Å². The van der Waals surface area contributed by atoms with Crippen molar-refractivity contribution < 1.29 is 4.57 Å². The molecule has 1 aliphatic heterocycles. The zero-order valence-corrected chi connectivity index (χ0v) is 18.0. The number of hydrogen-bond donors (Lipinski definition) is 0. The minimum absolute atomic E-state index is 0.0481. The summed E-state index contributed by atoms with van der Waals surface area (Å²) in [4.78, 5) is 0. The highest BCUT2D eigenvalue weighted by atomic mass is 15.0. The van der Waals surface area contributed by atoms with Gasteiger partial charge < -0.3 is 0 Å². The molecule has 3 rings (SSSR count). The van der Waals surface area contributed by atoms with E-state index in [0.29, 0.717) is 0 Å². The molecular formula is C26H36N+. The molecule has 0 aliphatic carbocycles. The molecule has 0 N–H and O–H groups in total. The number of fused-ring (bicyclic) bond motifs is 3. The van der Waals surface area contributed by atoms with E-state index in [0.717, 1.165) is 25.8 Å². The van der Waals surface area contributed by atoms with Crippen LogP contribution in [0.3, 0.4) is 0 Å². The summed E-state index contributed by atoms with van der Waals surface area (Å²) in [5.74, 6) is 0. The van der Waals surface area contributed by atoms with E-state index in [1.165, 1.54) is 58.3 Å². The molecule has 0 radical (unpaired) electrons. The number of pyridine rings is 1. The predicted octanol–water partition coefficient (Wildman–Crippen LogP) is 6.62.